The molecule has 0 spiro atoms. The van der Waals surface area contributed by atoms with E-state index < -0.39 is 0 Å². The molecule has 1 saturated heterocycles. The lowest BCUT2D eigenvalue weighted by Crippen LogP contribution is -2.38. The summed E-state index contributed by atoms with van der Waals surface area (Å²) in [5, 5.41) is 3.09. The molecule has 3 heteroatoms. The Morgan fingerprint density at radius 1 is 1.25 bits per heavy atom. The molecule has 16 heavy (non-hydrogen) atoms. The maximum Gasteiger partial charge on any atom is 0.223 e. The lowest BCUT2D eigenvalue weighted by atomic mass is 9.88. The monoisotopic (exact) mass is 223 g/mol. The van der Waals surface area contributed by atoms with Crippen molar-refractivity contribution < 1.29 is 9.53 Å². The van der Waals surface area contributed by atoms with E-state index in [4.69, 9.17) is 4.74 Å². The smallest absolute Gasteiger partial charge is 0.223 e. The highest BCUT2D eigenvalue weighted by Crippen LogP contribution is 2.48. The average Bonchev–Trinajstić information content (AvgIpc) is 3.01. The normalized spacial score (nSPS) is 41.5. The summed E-state index contributed by atoms with van der Waals surface area (Å²) in [6.07, 6.45) is 7.62. The second-order valence-electron chi connectivity index (χ2n) is 5.66. The first-order valence-electron chi connectivity index (χ1n) is 6.72. The van der Waals surface area contributed by atoms with Crippen molar-refractivity contribution in [1.29, 1.82) is 0 Å². The molecule has 0 aromatic carbocycles. The Labute approximate surface area is 96.9 Å². The summed E-state index contributed by atoms with van der Waals surface area (Å²) in [6.45, 7) is 1.60. The third kappa shape index (κ3) is 1.97. The average molecular weight is 223 g/mol. The van der Waals surface area contributed by atoms with Crippen LogP contribution in [0.25, 0.3) is 0 Å². The molecule has 90 valence electrons. The highest BCUT2D eigenvalue weighted by molar-refractivity contribution is 5.79. The molecule has 3 fully saturated rings. The Kier molecular flexibility index (Phi) is 2.88. The lowest BCUT2D eigenvalue weighted by Gasteiger charge is -2.21. The zero-order valence-corrected chi connectivity index (χ0v) is 9.78. The van der Waals surface area contributed by atoms with Gasteiger partial charge in [-0.25, -0.2) is 0 Å². The van der Waals surface area contributed by atoms with Crippen molar-refractivity contribution in [3.63, 3.8) is 0 Å². The van der Waals surface area contributed by atoms with E-state index in [1.807, 2.05) is 0 Å². The fraction of sp³-hybridized carbons (Fsp3) is 0.923. The van der Waals surface area contributed by atoms with E-state index in [0.717, 1.165) is 38.3 Å². The molecule has 2 bridgehead atoms. The van der Waals surface area contributed by atoms with Crippen molar-refractivity contribution in [2.75, 3.05) is 13.2 Å². The minimum absolute atomic E-state index is 0.280. The number of carbonyl (C=O) groups excluding carboxylic acids is 1. The molecule has 1 heterocycles. The lowest BCUT2D eigenvalue weighted by molar-refractivity contribution is -0.127. The summed E-state index contributed by atoms with van der Waals surface area (Å²) >= 11 is 0. The second kappa shape index (κ2) is 4.36. The maximum atomic E-state index is 12.0. The Morgan fingerprint density at radius 3 is 2.81 bits per heavy atom. The van der Waals surface area contributed by atoms with Gasteiger partial charge in [0.25, 0.3) is 0 Å². The van der Waals surface area contributed by atoms with Crippen LogP contribution in [0.3, 0.4) is 0 Å². The van der Waals surface area contributed by atoms with Crippen molar-refractivity contribution in [3.8, 4) is 0 Å². The Morgan fingerprint density at radius 2 is 2.19 bits per heavy atom. The summed E-state index contributed by atoms with van der Waals surface area (Å²) < 4.78 is 5.51. The molecule has 4 atom stereocenters. The van der Waals surface area contributed by atoms with E-state index in [1.165, 1.54) is 19.3 Å². The van der Waals surface area contributed by atoms with Gasteiger partial charge in [0.15, 0.2) is 0 Å². The van der Waals surface area contributed by atoms with Crippen LogP contribution in [0.5, 0.6) is 0 Å². The van der Waals surface area contributed by atoms with Crippen molar-refractivity contribution in [1.82, 2.24) is 5.32 Å². The van der Waals surface area contributed by atoms with Gasteiger partial charge in [-0.1, -0.05) is 6.42 Å². The molecule has 1 N–H and O–H groups in total. The quantitative estimate of drug-likeness (QED) is 0.791. The minimum atomic E-state index is 0.280. The van der Waals surface area contributed by atoms with Gasteiger partial charge in [0.2, 0.25) is 5.91 Å². The highest BCUT2D eigenvalue weighted by atomic mass is 16.5. The van der Waals surface area contributed by atoms with Gasteiger partial charge in [-0.15, -0.1) is 0 Å². The van der Waals surface area contributed by atoms with Gasteiger partial charge in [0, 0.05) is 19.1 Å². The molecule has 3 rings (SSSR count). The number of fused-ring (bicyclic) bond motifs is 2. The third-order valence-corrected chi connectivity index (χ3v) is 4.60. The number of rotatable bonds is 3. The van der Waals surface area contributed by atoms with Crippen LogP contribution >= 0.6 is 0 Å². The van der Waals surface area contributed by atoms with E-state index >= 15 is 0 Å². The molecule has 3 nitrogen and oxygen atoms in total. The predicted molar refractivity (Wildman–Crippen MR) is 60.9 cm³/mol. The zero-order valence-electron chi connectivity index (χ0n) is 9.78. The number of hydrogen-bond donors (Lipinski definition) is 1. The molecule has 1 amide bonds. The number of nitrogens with one attached hydrogen (secondary N) is 1. The first-order valence-corrected chi connectivity index (χ1v) is 6.72. The molecule has 3 aliphatic rings. The topological polar surface area (TPSA) is 38.3 Å². The maximum absolute atomic E-state index is 12.0. The number of carbonyl (C=O) groups is 1. The Bertz CT molecular complexity index is 273. The van der Waals surface area contributed by atoms with Crippen LogP contribution in [-0.2, 0) is 9.53 Å². The number of ether oxygens (including phenoxy) is 1. The van der Waals surface area contributed by atoms with Gasteiger partial charge in [0.05, 0.1) is 6.10 Å². The van der Waals surface area contributed by atoms with E-state index in [0.29, 0.717) is 17.7 Å². The minimum Gasteiger partial charge on any atom is -0.376 e. The van der Waals surface area contributed by atoms with Crippen molar-refractivity contribution in [2.24, 2.45) is 17.8 Å². The molecule has 2 aliphatic carbocycles. The largest absolute Gasteiger partial charge is 0.376 e. The van der Waals surface area contributed by atoms with Crippen molar-refractivity contribution in [2.45, 2.75) is 44.6 Å². The summed E-state index contributed by atoms with van der Waals surface area (Å²) in [5.74, 6) is 2.15. The van der Waals surface area contributed by atoms with Gasteiger partial charge < -0.3 is 10.1 Å². The summed E-state index contributed by atoms with van der Waals surface area (Å²) in [4.78, 5) is 12.0. The zero-order chi connectivity index (χ0) is 11.0. The fourth-order valence-corrected chi connectivity index (χ4v) is 3.72. The van der Waals surface area contributed by atoms with Gasteiger partial charge in [-0.05, 0) is 43.9 Å². The summed E-state index contributed by atoms with van der Waals surface area (Å²) in [7, 11) is 0. The third-order valence-electron chi connectivity index (χ3n) is 4.60. The Hall–Kier alpha value is -0.570. The molecular weight excluding hydrogens is 202 g/mol. The summed E-state index contributed by atoms with van der Waals surface area (Å²) in [6, 6.07) is 0. The van der Waals surface area contributed by atoms with Gasteiger partial charge in [-0.2, -0.15) is 0 Å². The van der Waals surface area contributed by atoms with Gasteiger partial charge in [-0.3, -0.25) is 4.79 Å². The molecule has 0 unspecified atom stereocenters. The molecule has 0 radical (unpaired) electrons. The van der Waals surface area contributed by atoms with Gasteiger partial charge in [0.1, 0.15) is 0 Å². The van der Waals surface area contributed by atoms with Crippen LogP contribution in [0, 0.1) is 17.8 Å². The standard InChI is InChI=1S/C13H21NO2/c15-13(14-8-11-2-1-5-16-11)12-7-9-3-4-10(12)6-9/h9-12H,1-8H2,(H,14,15)/t9-,10-,11+,12-/m0/s1. The van der Waals surface area contributed by atoms with Crippen molar-refractivity contribution >= 4 is 5.91 Å². The predicted octanol–water partition coefficient (Wildman–Crippen LogP) is 1.72. The molecule has 0 aromatic heterocycles. The van der Waals surface area contributed by atoms with Crippen LogP contribution in [0.2, 0.25) is 0 Å². The first kappa shape index (κ1) is 10.6. The fourth-order valence-electron chi connectivity index (χ4n) is 3.72. The van der Waals surface area contributed by atoms with E-state index in [-0.39, 0.29) is 6.10 Å². The molecule has 0 aromatic rings. The first-order chi connectivity index (χ1) is 7.83. The SMILES string of the molecule is O=C(NC[C@H]1CCCO1)[C@H]1C[C@H]2CC[C@H]1C2. The van der Waals surface area contributed by atoms with Crippen LogP contribution in [0.15, 0.2) is 0 Å². The number of hydrogen-bond acceptors (Lipinski definition) is 2. The second-order valence-corrected chi connectivity index (χ2v) is 5.66. The van der Waals surface area contributed by atoms with Crippen LogP contribution < -0.4 is 5.32 Å². The highest BCUT2D eigenvalue weighted by Gasteiger charge is 2.42. The molecule has 2 saturated carbocycles. The van der Waals surface area contributed by atoms with Crippen LogP contribution in [-0.4, -0.2) is 25.2 Å². The van der Waals surface area contributed by atoms with Crippen LogP contribution in [0.1, 0.15) is 38.5 Å². The van der Waals surface area contributed by atoms with Crippen LogP contribution in [0.4, 0.5) is 0 Å². The van der Waals surface area contributed by atoms with E-state index in [9.17, 15) is 4.79 Å². The summed E-state index contributed by atoms with van der Waals surface area (Å²) in [5.41, 5.74) is 0. The Balaban J connectivity index is 1.46. The molecular formula is C13H21NO2. The van der Waals surface area contributed by atoms with E-state index in [2.05, 4.69) is 5.32 Å². The number of amides is 1. The van der Waals surface area contributed by atoms with E-state index in [1.54, 1.807) is 0 Å². The molecule has 1 aliphatic heterocycles. The van der Waals surface area contributed by atoms with Gasteiger partial charge >= 0.3 is 0 Å². The van der Waals surface area contributed by atoms with Crippen molar-refractivity contribution in [3.05, 3.63) is 0 Å².